The van der Waals surface area contributed by atoms with Gasteiger partial charge < -0.3 is 15.2 Å². The summed E-state index contributed by atoms with van der Waals surface area (Å²) in [5, 5.41) is 2.42. The Morgan fingerprint density at radius 3 is 2.62 bits per heavy atom. The van der Waals surface area contributed by atoms with Crippen LogP contribution in [0.1, 0.15) is 10.4 Å². The first-order chi connectivity index (χ1) is 7.54. The lowest BCUT2D eigenvalue weighted by Gasteiger charge is -2.15. The molecule has 1 aromatic heterocycles. The maximum atomic E-state index is 11.7. The fourth-order valence-corrected chi connectivity index (χ4v) is 1.13. The molecular formula is C10H13N3O3. The summed E-state index contributed by atoms with van der Waals surface area (Å²) in [4.78, 5) is 37.2. The zero-order chi connectivity index (χ0) is 12.1. The van der Waals surface area contributed by atoms with Crippen molar-refractivity contribution < 1.29 is 9.59 Å². The number of pyridine rings is 1. The molecule has 16 heavy (non-hydrogen) atoms. The predicted octanol–water partition coefficient (Wildman–Crippen LogP) is -0.807. The highest BCUT2D eigenvalue weighted by molar-refractivity contribution is 5.95. The van der Waals surface area contributed by atoms with E-state index in [2.05, 4.69) is 10.3 Å². The summed E-state index contributed by atoms with van der Waals surface area (Å²) in [6.07, 6.45) is 1.32. The molecule has 0 saturated heterocycles. The minimum absolute atomic E-state index is 0.0194. The molecule has 0 aliphatic carbocycles. The summed E-state index contributed by atoms with van der Waals surface area (Å²) in [6.45, 7) is -0.0194. The van der Waals surface area contributed by atoms with Gasteiger partial charge in [0.1, 0.15) is 0 Å². The molecule has 1 rings (SSSR count). The maximum absolute atomic E-state index is 11.7. The Labute approximate surface area is 92.3 Å². The Balaban J connectivity index is 2.74. The topological polar surface area (TPSA) is 82.3 Å². The average molecular weight is 223 g/mol. The van der Waals surface area contributed by atoms with E-state index in [-0.39, 0.29) is 23.9 Å². The van der Waals surface area contributed by atoms with Crippen LogP contribution >= 0.6 is 0 Å². The zero-order valence-corrected chi connectivity index (χ0v) is 9.11. The summed E-state index contributed by atoms with van der Waals surface area (Å²) in [7, 11) is 3.02. The molecular weight excluding hydrogens is 210 g/mol. The van der Waals surface area contributed by atoms with Crippen LogP contribution < -0.4 is 10.9 Å². The number of hydrogen-bond acceptors (Lipinski definition) is 3. The fourth-order valence-electron chi connectivity index (χ4n) is 1.13. The molecule has 0 radical (unpaired) electrons. The normalized spacial score (nSPS) is 9.62. The van der Waals surface area contributed by atoms with Gasteiger partial charge in [0.15, 0.2) is 0 Å². The Bertz CT molecular complexity index is 432. The van der Waals surface area contributed by atoms with Crippen LogP contribution in [0.25, 0.3) is 0 Å². The Morgan fingerprint density at radius 1 is 1.44 bits per heavy atom. The van der Waals surface area contributed by atoms with Crippen LogP contribution in [0.5, 0.6) is 0 Å². The predicted molar refractivity (Wildman–Crippen MR) is 58.1 cm³/mol. The fraction of sp³-hybridized carbons (Fsp3) is 0.300. The molecule has 0 bridgehead atoms. The van der Waals surface area contributed by atoms with E-state index in [0.29, 0.717) is 5.56 Å². The summed E-state index contributed by atoms with van der Waals surface area (Å²) < 4.78 is 0. The van der Waals surface area contributed by atoms with Gasteiger partial charge in [-0.2, -0.15) is 0 Å². The number of hydrogen-bond donors (Lipinski definition) is 2. The van der Waals surface area contributed by atoms with Gasteiger partial charge in [0.05, 0.1) is 12.1 Å². The highest BCUT2D eigenvalue weighted by Crippen LogP contribution is 1.99. The van der Waals surface area contributed by atoms with Crippen LogP contribution in [0.4, 0.5) is 0 Å². The number of nitrogens with zero attached hydrogens (tertiary/aromatic N) is 1. The van der Waals surface area contributed by atoms with E-state index in [4.69, 9.17) is 0 Å². The minimum atomic E-state index is -0.320. The quantitative estimate of drug-likeness (QED) is 0.703. The number of rotatable bonds is 3. The first-order valence-electron chi connectivity index (χ1n) is 4.69. The lowest BCUT2D eigenvalue weighted by Crippen LogP contribution is -2.37. The third-order valence-electron chi connectivity index (χ3n) is 2.04. The molecule has 0 atom stereocenters. The zero-order valence-electron chi connectivity index (χ0n) is 9.11. The first kappa shape index (κ1) is 12.0. The molecule has 0 saturated carbocycles. The van der Waals surface area contributed by atoms with Crippen molar-refractivity contribution in [3.05, 3.63) is 34.2 Å². The number of aromatic nitrogens is 1. The van der Waals surface area contributed by atoms with Crippen molar-refractivity contribution in [3.8, 4) is 0 Å². The molecule has 0 aromatic carbocycles. The second-order valence-electron chi connectivity index (χ2n) is 3.28. The van der Waals surface area contributed by atoms with Crippen molar-refractivity contribution in [2.75, 3.05) is 20.6 Å². The molecule has 0 aliphatic rings. The SMILES string of the molecule is CNC(=O)CN(C)C(=O)c1ccc(=O)[nH]c1. The molecule has 0 spiro atoms. The van der Waals surface area contributed by atoms with E-state index < -0.39 is 0 Å². The molecule has 0 fully saturated rings. The molecule has 0 aliphatic heterocycles. The smallest absolute Gasteiger partial charge is 0.255 e. The Hall–Kier alpha value is -2.11. The van der Waals surface area contributed by atoms with E-state index in [1.165, 1.54) is 37.3 Å². The van der Waals surface area contributed by atoms with Crippen molar-refractivity contribution >= 4 is 11.8 Å². The van der Waals surface area contributed by atoms with Gasteiger partial charge in [0.2, 0.25) is 11.5 Å². The van der Waals surface area contributed by atoms with Crippen LogP contribution in [-0.4, -0.2) is 42.3 Å². The number of carbonyl (C=O) groups excluding carboxylic acids is 2. The monoisotopic (exact) mass is 223 g/mol. The van der Waals surface area contributed by atoms with E-state index >= 15 is 0 Å². The number of H-pyrrole nitrogens is 1. The van der Waals surface area contributed by atoms with Crippen molar-refractivity contribution in [1.29, 1.82) is 0 Å². The standard InChI is InChI=1S/C10H13N3O3/c1-11-9(15)6-13(2)10(16)7-3-4-8(14)12-5-7/h3-5H,6H2,1-2H3,(H,11,15)(H,12,14). The van der Waals surface area contributed by atoms with Gasteiger partial charge in [-0.1, -0.05) is 0 Å². The van der Waals surface area contributed by atoms with E-state index in [1.807, 2.05) is 0 Å². The molecule has 86 valence electrons. The van der Waals surface area contributed by atoms with Gasteiger partial charge in [0.25, 0.3) is 5.91 Å². The van der Waals surface area contributed by atoms with Crippen LogP contribution in [0.15, 0.2) is 23.1 Å². The van der Waals surface area contributed by atoms with E-state index in [1.54, 1.807) is 0 Å². The molecule has 0 unspecified atom stereocenters. The summed E-state index contributed by atoms with van der Waals surface area (Å²) in [5.41, 5.74) is 0.0662. The van der Waals surface area contributed by atoms with Crippen LogP contribution in [0.3, 0.4) is 0 Å². The highest BCUT2D eigenvalue weighted by atomic mass is 16.2. The number of nitrogens with one attached hydrogen (secondary N) is 2. The Kier molecular flexibility index (Phi) is 3.82. The summed E-state index contributed by atoms with van der Waals surface area (Å²) >= 11 is 0. The molecule has 2 amide bonds. The van der Waals surface area contributed by atoms with Crippen molar-refractivity contribution in [1.82, 2.24) is 15.2 Å². The number of likely N-dealkylation sites (N-methyl/N-ethyl adjacent to an activating group) is 2. The second-order valence-corrected chi connectivity index (χ2v) is 3.28. The van der Waals surface area contributed by atoms with Gasteiger partial charge in [-0.3, -0.25) is 14.4 Å². The molecule has 6 nitrogen and oxygen atoms in total. The molecule has 6 heteroatoms. The van der Waals surface area contributed by atoms with E-state index in [9.17, 15) is 14.4 Å². The van der Waals surface area contributed by atoms with Gasteiger partial charge in [-0.05, 0) is 6.07 Å². The largest absolute Gasteiger partial charge is 0.358 e. The van der Waals surface area contributed by atoms with Crippen LogP contribution in [0, 0.1) is 0 Å². The number of carbonyl (C=O) groups is 2. The lowest BCUT2D eigenvalue weighted by molar-refractivity contribution is -0.121. The van der Waals surface area contributed by atoms with Gasteiger partial charge in [-0.25, -0.2) is 0 Å². The molecule has 1 aromatic rings. The van der Waals surface area contributed by atoms with Gasteiger partial charge in [-0.15, -0.1) is 0 Å². The maximum Gasteiger partial charge on any atom is 0.255 e. The third-order valence-corrected chi connectivity index (χ3v) is 2.04. The van der Waals surface area contributed by atoms with Gasteiger partial charge in [0, 0.05) is 26.4 Å². The van der Waals surface area contributed by atoms with E-state index in [0.717, 1.165) is 0 Å². The van der Waals surface area contributed by atoms with Crippen LogP contribution in [-0.2, 0) is 4.79 Å². The molecule has 1 heterocycles. The summed E-state index contributed by atoms with van der Waals surface area (Å²) in [5.74, 6) is -0.569. The summed E-state index contributed by atoms with van der Waals surface area (Å²) in [6, 6.07) is 2.68. The number of amides is 2. The molecule has 2 N–H and O–H groups in total. The lowest BCUT2D eigenvalue weighted by atomic mass is 10.2. The van der Waals surface area contributed by atoms with Gasteiger partial charge >= 0.3 is 0 Å². The van der Waals surface area contributed by atoms with Crippen molar-refractivity contribution in [2.45, 2.75) is 0 Å². The highest BCUT2D eigenvalue weighted by Gasteiger charge is 2.13. The van der Waals surface area contributed by atoms with Crippen molar-refractivity contribution in [3.63, 3.8) is 0 Å². The first-order valence-corrected chi connectivity index (χ1v) is 4.69. The number of aromatic amines is 1. The second kappa shape index (κ2) is 5.11. The third kappa shape index (κ3) is 2.94. The van der Waals surface area contributed by atoms with Crippen molar-refractivity contribution in [2.24, 2.45) is 0 Å². The Morgan fingerprint density at radius 2 is 2.12 bits per heavy atom. The average Bonchev–Trinajstić information content (AvgIpc) is 2.28. The van der Waals surface area contributed by atoms with Crippen LogP contribution in [0.2, 0.25) is 0 Å². The minimum Gasteiger partial charge on any atom is -0.358 e.